The van der Waals surface area contributed by atoms with Crippen LogP contribution in [0, 0.1) is 0 Å². The lowest BCUT2D eigenvalue weighted by molar-refractivity contribution is 0.315. The third kappa shape index (κ3) is 2.70. The Morgan fingerprint density at radius 3 is 1.67 bits per heavy atom. The van der Waals surface area contributed by atoms with Crippen molar-refractivity contribution >= 4 is 8.32 Å². The molecule has 2 aromatic carbocycles. The highest BCUT2D eigenvalue weighted by Gasteiger charge is 2.51. The first-order valence-corrected chi connectivity index (χ1v) is 10.6. The van der Waals surface area contributed by atoms with E-state index < -0.39 is 8.32 Å². The van der Waals surface area contributed by atoms with Crippen molar-refractivity contribution in [3.05, 3.63) is 71.8 Å². The summed E-state index contributed by atoms with van der Waals surface area (Å²) in [6.45, 7) is 5.41. The lowest BCUT2D eigenvalue weighted by Gasteiger charge is -2.34. The molecule has 0 radical (unpaired) electrons. The SMILES string of the molecule is CCO[Si]1(C)[C@H](c2ccccc2)CC[C@H]1c1ccccc1. The summed E-state index contributed by atoms with van der Waals surface area (Å²) < 4.78 is 6.46. The standard InChI is InChI=1S/C19H24OSi/c1-3-20-21(2)18(16-10-6-4-7-11-16)14-15-19(21)17-12-8-5-9-13-17/h4-13,18-19H,3,14-15H2,1-2H3/t18-,19-/m0/s1. The van der Waals surface area contributed by atoms with Crippen molar-refractivity contribution in [3.63, 3.8) is 0 Å². The molecule has 0 unspecified atom stereocenters. The smallest absolute Gasteiger partial charge is 0.204 e. The van der Waals surface area contributed by atoms with Gasteiger partial charge in [-0.3, -0.25) is 0 Å². The summed E-state index contributed by atoms with van der Waals surface area (Å²) in [6, 6.07) is 22.0. The molecule has 0 amide bonds. The van der Waals surface area contributed by atoms with Crippen molar-refractivity contribution < 1.29 is 4.43 Å². The maximum atomic E-state index is 6.46. The van der Waals surface area contributed by atoms with Crippen LogP contribution in [0.1, 0.15) is 42.0 Å². The molecule has 1 aliphatic heterocycles. The third-order valence-electron chi connectivity index (χ3n) is 4.99. The van der Waals surface area contributed by atoms with E-state index in [1.807, 2.05) is 0 Å². The number of hydrogen-bond acceptors (Lipinski definition) is 1. The first-order chi connectivity index (χ1) is 10.3. The average Bonchev–Trinajstić information content (AvgIpc) is 2.86. The zero-order chi connectivity index (χ0) is 14.7. The van der Waals surface area contributed by atoms with Crippen LogP contribution in [0.15, 0.2) is 60.7 Å². The second-order valence-corrected chi connectivity index (χ2v) is 10.2. The van der Waals surface area contributed by atoms with Crippen LogP contribution in [0.25, 0.3) is 0 Å². The minimum atomic E-state index is -1.83. The Bertz CT molecular complexity index is 519. The quantitative estimate of drug-likeness (QED) is 0.718. The second kappa shape index (κ2) is 6.16. The van der Waals surface area contributed by atoms with E-state index in [4.69, 9.17) is 4.43 Å². The van der Waals surface area contributed by atoms with Gasteiger partial charge in [0.05, 0.1) is 0 Å². The highest BCUT2D eigenvalue weighted by atomic mass is 28.4. The first kappa shape index (κ1) is 14.5. The molecule has 110 valence electrons. The van der Waals surface area contributed by atoms with Crippen molar-refractivity contribution in [1.82, 2.24) is 0 Å². The molecule has 0 aromatic heterocycles. The van der Waals surface area contributed by atoms with Gasteiger partial charge in [0.25, 0.3) is 0 Å². The van der Waals surface area contributed by atoms with Crippen molar-refractivity contribution in [1.29, 1.82) is 0 Å². The van der Waals surface area contributed by atoms with Crippen molar-refractivity contribution in [2.45, 2.75) is 37.4 Å². The summed E-state index contributed by atoms with van der Waals surface area (Å²) in [6.07, 6.45) is 2.51. The predicted molar refractivity (Wildman–Crippen MR) is 90.8 cm³/mol. The van der Waals surface area contributed by atoms with Crippen LogP contribution >= 0.6 is 0 Å². The molecule has 2 aromatic rings. The molecule has 1 aliphatic rings. The van der Waals surface area contributed by atoms with Gasteiger partial charge in [-0.05, 0) is 37.4 Å². The molecule has 0 spiro atoms. The maximum absolute atomic E-state index is 6.46. The number of benzene rings is 2. The second-order valence-electron chi connectivity index (χ2n) is 6.12. The molecule has 21 heavy (non-hydrogen) atoms. The molecule has 0 saturated carbocycles. The van der Waals surface area contributed by atoms with Crippen LogP contribution in [0.4, 0.5) is 0 Å². The first-order valence-electron chi connectivity index (χ1n) is 7.99. The molecule has 0 aliphatic carbocycles. The zero-order valence-corrected chi connectivity index (χ0v) is 14.0. The number of rotatable bonds is 4. The normalized spacial score (nSPS) is 24.1. The fourth-order valence-electron chi connectivity index (χ4n) is 4.03. The van der Waals surface area contributed by atoms with Gasteiger partial charge >= 0.3 is 0 Å². The molecule has 1 saturated heterocycles. The van der Waals surface area contributed by atoms with Crippen LogP contribution < -0.4 is 0 Å². The number of hydrogen-bond donors (Lipinski definition) is 0. The molecule has 3 rings (SSSR count). The summed E-state index contributed by atoms with van der Waals surface area (Å²) in [7, 11) is -1.83. The van der Waals surface area contributed by atoms with Gasteiger partial charge in [-0.1, -0.05) is 60.7 Å². The molecule has 2 heteroatoms. The van der Waals surface area contributed by atoms with E-state index in [9.17, 15) is 0 Å². The highest BCUT2D eigenvalue weighted by molar-refractivity contribution is 6.76. The lowest BCUT2D eigenvalue weighted by atomic mass is 10.0. The minimum absolute atomic E-state index is 0.615. The van der Waals surface area contributed by atoms with Gasteiger partial charge in [0.1, 0.15) is 0 Å². The van der Waals surface area contributed by atoms with Gasteiger partial charge in [-0.25, -0.2) is 0 Å². The van der Waals surface area contributed by atoms with E-state index in [0.717, 1.165) is 6.61 Å². The van der Waals surface area contributed by atoms with E-state index in [-0.39, 0.29) is 0 Å². The van der Waals surface area contributed by atoms with Crippen molar-refractivity contribution in [2.24, 2.45) is 0 Å². The molecule has 0 bridgehead atoms. The van der Waals surface area contributed by atoms with E-state index in [1.54, 1.807) is 0 Å². The van der Waals surface area contributed by atoms with Gasteiger partial charge < -0.3 is 4.43 Å². The summed E-state index contributed by atoms with van der Waals surface area (Å²) in [5.41, 5.74) is 4.17. The van der Waals surface area contributed by atoms with Gasteiger partial charge in [0.2, 0.25) is 8.32 Å². The van der Waals surface area contributed by atoms with E-state index in [0.29, 0.717) is 11.1 Å². The van der Waals surface area contributed by atoms with Crippen molar-refractivity contribution in [3.8, 4) is 0 Å². The molecule has 0 N–H and O–H groups in total. The Kier molecular flexibility index (Phi) is 4.27. The monoisotopic (exact) mass is 296 g/mol. The Morgan fingerprint density at radius 2 is 1.29 bits per heavy atom. The van der Waals surface area contributed by atoms with Gasteiger partial charge in [0, 0.05) is 17.7 Å². The fraction of sp³-hybridized carbons (Fsp3) is 0.368. The van der Waals surface area contributed by atoms with E-state index in [1.165, 1.54) is 24.0 Å². The minimum Gasteiger partial charge on any atom is -0.416 e. The van der Waals surface area contributed by atoms with Crippen LogP contribution in [-0.4, -0.2) is 14.9 Å². The summed E-state index contributed by atoms with van der Waals surface area (Å²) in [5.74, 6) is 0. The van der Waals surface area contributed by atoms with Crippen LogP contribution in [-0.2, 0) is 4.43 Å². The highest BCUT2D eigenvalue weighted by Crippen LogP contribution is 2.50. The molecule has 2 atom stereocenters. The van der Waals surface area contributed by atoms with Gasteiger partial charge in [-0.15, -0.1) is 0 Å². The Balaban J connectivity index is 1.97. The van der Waals surface area contributed by atoms with Gasteiger partial charge in [0.15, 0.2) is 0 Å². The molecular weight excluding hydrogens is 272 g/mol. The fourth-order valence-corrected chi connectivity index (χ4v) is 8.73. The summed E-state index contributed by atoms with van der Waals surface area (Å²) >= 11 is 0. The van der Waals surface area contributed by atoms with Crippen LogP contribution in [0.5, 0.6) is 0 Å². The summed E-state index contributed by atoms with van der Waals surface area (Å²) in [5, 5.41) is 0. The molecule has 1 heterocycles. The average molecular weight is 296 g/mol. The molecule has 1 nitrogen and oxygen atoms in total. The zero-order valence-electron chi connectivity index (χ0n) is 13.0. The Labute approximate surface area is 129 Å². The van der Waals surface area contributed by atoms with Crippen LogP contribution in [0.3, 0.4) is 0 Å². The molecular formula is C19H24OSi. The van der Waals surface area contributed by atoms with Gasteiger partial charge in [-0.2, -0.15) is 0 Å². The molecule has 1 fully saturated rings. The topological polar surface area (TPSA) is 9.23 Å². The maximum Gasteiger partial charge on any atom is 0.204 e. The van der Waals surface area contributed by atoms with Crippen molar-refractivity contribution in [2.75, 3.05) is 6.61 Å². The van der Waals surface area contributed by atoms with Crippen LogP contribution in [0.2, 0.25) is 6.55 Å². The van der Waals surface area contributed by atoms with E-state index in [2.05, 4.69) is 74.1 Å². The Morgan fingerprint density at radius 1 is 0.857 bits per heavy atom. The lowest BCUT2D eigenvalue weighted by Crippen LogP contribution is -2.43. The predicted octanol–water partition coefficient (Wildman–Crippen LogP) is 5.04. The third-order valence-corrected chi connectivity index (χ3v) is 9.91. The largest absolute Gasteiger partial charge is 0.416 e. The van der Waals surface area contributed by atoms with E-state index >= 15 is 0 Å². The Hall–Kier alpha value is -1.38. The summed E-state index contributed by atoms with van der Waals surface area (Å²) in [4.78, 5) is 0.